The van der Waals surface area contributed by atoms with Crippen molar-refractivity contribution in [1.82, 2.24) is 20.3 Å². The normalized spacial score (nSPS) is 10.3. The molecular formula is C14H19N5O. The van der Waals surface area contributed by atoms with Gasteiger partial charge in [0.05, 0.1) is 6.54 Å². The van der Waals surface area contributed by atoms with Crippen molar-refractivity contribution in [3.05, 3.63) is 41.6 Å². The smallest absolute Gasteiger partial charge is 0.251 e. The summed E-state index contributed by atoms with van der Waals surface area (Å²) in [5.74, 6) is 1.31. The summed E-state index contributed by atoms with van der Waals surface area (Å²) < 4.78 is 0. The second-order valence-corrected chi connectivity index (χ2v) is 4.45. The summed E-state index contributed by atoms with van der Waals surface area (Å²) in [6.45, 7) is 2.47. The summed E-state index contributed by atoms with van der Waals surface area (Å²) in [5, 5.41) is 5.81. The molecule has 20 heavy (non-hydrogen) atoms. The van der Waals surface area contributed by atoms with Gasteiger partial charge >= 0.3 is 0 Å². The van der Waals surface area contributed by atoms with Crippen LogP contribution in [0.4, 0.5) is 5.82 Å². The zero-order valence-corrected chi connectivity index (χ0v) is 11.7. The zero-order chi connectivity index (χ0) is 14.4. The van der Waals surface area contributed by atoms with Gasteiger partial charge in [-0.1, -0.05) is 13.3 Å². The van der Waals surface area contributed by atoms with Crippen molar-refractivity contribution < 1.29 is 4.79 Å². The zero-order valence-electron chi connectivity index (χ0n) is 11.7. The molecule has 0 fully saturated rings. The molecule has 2 aromatic rings. The summed E-state index contributed by atoms with van der Waals surface area (Å²) in [6, 6.07) is 3.58. The van der Waals surface area contributed by atoms with Gasteiger partial charge in [-0.15, -0.1) is 0 Å². The second-order valence-electron chi connectivity index (χ2n) is 4.45. The third kappa shape index (κ3) is 3.57. The predicted octanol–water partition coefficient (Wildman–Crippen LogP) is 1.73. The molecule has 0 spiro atoms. The number of imidazole rings is 1. The molecule has 106 valence electrons. The molecule has 0 atom stereocenters. The fourth-order valence-electron chi connectivity index (χ4n) is 1.89. The number of aryl methyl sites for hydroxylation is 1. The lowest BCUT2D eigenvalue weighted by Crippen LogP contribution is -2.23. The van der Waals surface area contributed by atoms with Crippen LogP contribution in [-0.4, -0.2) is 27.9 Å². The Bertz CT molecular complexity index is 565. The molecule has 6 nitrogen and oxygen atoms in total. The maximum Gasteiger partial charge on any atom is 0.251 e. The molecular weight excluding hydrogens is 254 g/mol. The van der Waals surface area contributed by atoms with Gasteiger partial charge in [0.25, 0.3) is 5.91 Å². The fourth-order valence-corrected chi connectivity index (χ4v) is 1.89. The number of aromatic amines is 1. The minimum atomic E-state index is -0.127. The van der Waals surface area contributed by atoms with Crippen molar-refractivity contribution in [1.29, 1.82) is 0 Å². The van der Waals surface area contributed by atoms with Gasteiger partial charge in [0.15, 0.2) is 0 Å². The molecule has 6 heteroatoms. The van der Waals surface area contributed by atoms with Crippen LogP contribution in [0.15, 0.2) is 24.5 Å². The molecule has 0 saturated carbocycles. The van der Waals surface area contributed by atoms with Gasteiger partial charge < -0.3 is 15.6 Å². The maximum absolute atomic E-state index is 12.2. The largest absolute Gasteiger partial charge is 0.373 e. The molecule has 3 N–H and O–H groups in total. The SMILES string of the molecule is CCCc1cc(C(=O)NCc2ncc[nH]2)cc(NC)n1. The van der Waals surface area contributed by atoms with E-state index in [-0.39, 0.29) is 5.91 Å². The molecule has 2 rings (SSSR count). The van der Waals surface area contributed by atoms with E-state index in [2.05, 4.69) is 32.5 Å². The van der Waals surface area contributed by atoms with Gasteiger partial charge in [-0.2, -0.15) is 0 Å². The first-order valence-electron chi connectivity index (χ1n) is 6.68. The Hall–Kier alpha value is -2.37. The second kappa shape index (κ2) is 6.70. The molecule has 0 aliphatic carbocycles. The molecule has 0 aliphatic rings. The molecule has 0 bridgehead atoms. The molecule has 0 radical (unpaired) electrons. The Kier molecular flexibility index (Phi) is 4.70. The number of H-pyrrole nitrogens is 1. The third-order valence-corrected chi connectivity index (χ3v) is 2.87. The molecule has 2 heterocycles. The minimum absolute atomic E-state index is 0.127. The predicted molar refractivity (Wildman–Crippen MR) is 77.5 cm³/mol. The van der Waals surface area contributed by atoms with Crippen molar-refractivity contribution in [3.8, 4) is 0 Å². The first-order valence-corrected chi connectivity index (χ1v) is 6.68. The molecule has 1 amide bonds. The first-order chi connectivity index (χ1) is 9.72. The number of amides is 1. The van der Waals surface area contributed by atoms with E-state index in [4.69, 9.17) is 0 Å². The van der Waals surface area contributed by atoms with E-state index in [1.165, 1.54) is 0 Å². The Morgan fingerprint density at radius 1 is 1.40 bits per heavy atom. The first kappa shape index (κ1) is 14.0. The lowest BCUT2D eigenvalue weighted by molar-refractivity contribution is 0.0950. The van der Waals surface area contributed by atoms with Gasteiger partial charge in [-0.3, -0.25) is 4.79 Å². The van der Waals surface area contributed by atoms with Crippen molar-refractivity contribution in [3.63, 3.8) is 0 Å². The van der Waals surface area contributed by atoms with Gasteiger partial charge in [0.1, 0.15) is 11.6 Å². The minimum Gasteiger partial charge on any atom is -0.373 e. The van der Waals surface area contributed by atoms with Crippen molar-refractivity contribution in [2.45, 2.75) is 26.3 Å². The van der Waals surface area contributed by atoms with E-state index in [1.54, 1.807) is 25.5 Å². The molecule has 0 saturated heterocycles. The monoisotopic (exact) mass is 273 g/mol. The van der Waals surface area contributed by atoms with Crippen molar-refractivity contribution in [2.75, 3.05) is 12.4 Å². The van der Waals surface area contributed by atoms with E-state index < -0.39 is 0 Å². The summed E-state index contributed by atoms with van der Waals surface area (Å²) in [6.07, 6.45) is 5.24. The van der Waals surface area contributed by atoms with Gasteiger partial charge in [-0.05, 0) is 18.6 Å². The molecule has 0 unspecified atom stereocenters. The highest BCUT2D eigenvalue weighted by Crippen LogP contribution is 2.12. The standard InChI is InChI=1S/C14H19N5O/c1-3-4-11-7-10(8-12(15-2)19-11)14(20)18-9-13-16-5-6-17-13/h5-8H,3-4,9H2,1-2H3,(H,15,19)(H,16,17)(H,18,20). The van der Waals surface area contributed by atoms with E-state index in [0.717, 1.165) is 24.4 Å². The van der Waals surface area contributed by atoms with Crippen LogP contribution in [0.2, 0.25) is 0 Å². The Balaban J connectivity index is 2.09. The molecule has 0 aromatic carbocycles. The number of hydrogen-bond acceptors (Lipinski definition) is 4. The Labute approximate surface area is 118 Å². The summed E-state index contributed by atoms with van der Waals surface area (Å²) >= 11 is 0. The van der Waals surface area contributed by atoms with E-state index in [0.29, 0.717) is 17.9 Å². The average molecular weight is 273 g/mol. The number of carbonyl (C=O) groups is 1. The number of hydrogen-bond donors (Lipinski definition) is 3. The van der Waals surface area contributed by atoms with Crippen molar-refractivity contribution in [2.24, 2.45) is 0 Å². The maximum atomic E-state index is 12.2. The topological polar surface area (TPSA) is 82.7 Å². The van der Waals surface area contributed by atoms with Gasteiger partial charge in [0.2, 0.25) is 0 Å². The number of anilines is 1. The number of aromatic nitrogens is 3. The number of rotatable bonds is 6. The van der Waals surface area contributed by atoms with Gasteiger partial charge in [-0.25, -0.2) is 9.97 Å². The van der Waals surface area contributed by atoms with Crippen LogP contribution in [0.3, 0.4) is 0 Å². The van der Waals surface area contributed by atoms with Crippen LogP contribution in [0.1, 0.15) is 35.2 Å². The average Bonchev–Trinajstić information content (AvgIpc) is 2.98. The van der Waals surface area contributed by atoms with Crippen LogP contribution in [0.5, 0.6) is 0 Å². The number of carbonyl (C=O) groups excluding carboxylic acids is 1. The number of pyridine rings is 1. The third-order valence-electron chi connectivity index (χ3n) is 2.87. The Morgan fingerprint density at radius 3 is 2.90 bits per heavy atom. The highest BCUT2D eigenvalue weighted by Gasteiger charge is 2.09. The molecule has 2 aromatic heterocycles. The quantitative estimate of drug-likeness (QED) is 0.748. The van der Waals surface area contributed by atoms with Crippen LogP contribution in [0, 0.1) is 0 Å². The highest BCUT2D eigenvalue weighted by molar-refractivity contribution is 5.94. The lowest BCUT2D eigenvalue weighted by atomic mass is 10.1. The van der Waals surface area contributed by atoms with Crippen LogP contribution in [0.25, 0.3) is 0 Å². The van der Waals surface area contributed by atoms with Gasteiger partial charge in [0, 0.05) is 30.7 Å². The van der Waals surface area contributed by atoms with E-state index in [1.807, 2.05) is 6.07 Å². The fraction of sp³-hybridized carbons (Fsp3) is 0.357. The summed E-state index contributed by atoms with van der Waals surface area (Å²) in [4.78, 5) is 23.6. The Morgan fingerprint density at radius 2 is 2.25 bits per heavy atom. The van der Waals surface area contributed by atoms with Crippen LogP contribution < -0.4 is 10.6 Å². The van der Waals surface area contributed by atoms with Crippen LogP contribution in [-0.2, 0) is 13.0 Å². The van der Waals surface area contributed by atoms with E-state index in [9.17, 15) is 4.79 Å². The van der Waals surface area contributed by atoms with E-state index >= 15 is 0 Å². The van der Waals surface area contributed by atoms with Crippen molar-refractivity contribution >= 4 is 11.7 Å². The summed E-state index contributed by atoms with van der Waals surface area (Å²) in [7, 11) is 1.79. The molecule has 0 aliphatic heterocycles. The highest BCUT2D eigenvalue weighted by atomic mass is 16.1. The number of nitrogens with zero attached hydrogens (tertiary/aromatic N) is 2. The number of nitrogens with one attached hydrogen (secondary N) is 3. The lowest BCUT2D eigenvalue weighted by Gasteiger charge is -2.08. The summed E-state index contributed by atoms with van der Waals surface area (Å²) in [5.41, 5.74) is 1.53. The van der Waals surface area contributed by atoms with Crippen LogP contribution >= 0.6 is 0 Å².